The molecule has 0 spiro atoms. The first-order chi connectivity index (χ1) is 21.0. The van der Waals surface area contributed by atoms with Crippen molar-refractivity contribution in [2.75, 3.05) is 13.2 Å². The van der Waals surface area contributed by atoms with E-state index in [9.17, 15) is 14.8 Å². The van der Waals surface area contributed by atoms with Crippen LogP contribution >= 0.6 is 0 Å². The van der Waals surface area contributed by atoms with E-state index in [1.165, 1.54) is 51.4 Å². The van der Waals surface area contributed by atoms with Gasteiger partial charge in [0.15, 0.2) is 0 Å². The molecule has 2 unspecified atom stereocenters. The first kappa shape index (κ1) is 32.6. The molecule has 4 rings (SSSR count). The summed E-state index contributed by atoms with van der Waals surface area (Å²) in [6, 6.07) is 12.8. The number of esters is 2. The molecule has 2 aromatic rings. The van der Waals surface area contributed by atoms with Crippen molar-refractivity contribution in [2.24, 2.45) is 5.11 Å². The zero-order chi connectivity index (χ0) is 30.1. The lowest BCUT2D eigenvalue weighted by Gasteiger charge is -2.06. The molecule has 43 heavy (non-hydrogen) atoms. The highest BCUT2D eigenvalue weighted by Crippen LogP contribution is 2.24. The topological polar surface area (TPSA) is 116 Å². The summed E-state index contributed by atoms with van der Waals surface area (Å²) in [7, 11) is 0. The van der Waals surface area contributed by atoms with E-state index in [1.807, 2.05) is 0 Å². The number of rotatable bonds is 22. The van der Waals surface area contributed by atoms with Gasteiger partial charge in [-0.1, -0.05) is 69.1 Å². The number of carbonyl (C=O) groups is 2. The van der Waals surface area contributed by atoms with E-state index in [1.54, 1.807) is 48.5 Å². The summed E-state index contributed by atoms with van der Waals surface area (Å²) in [4.78, 5) is 24.8. The predicted octanol–water partition coefficient (Wildman–Crippen LogP) is 8.46. The number of azo groups is 1. The van der Waals surface area contributed by atoms with E-state index in [-0.39, 0.29) is 11.9 Å². The lowest BCUT2D eigenvalue weighted by Crippen LogP contribution is -2.07. The molecule has 0 aromatic heterocycles. The molecule has 0 saturated carbocycles. The highest BCUT2D eigenvalue weighted by atomic mass is 16.6. The summed E-state index contributed by atoms with van der Waals surface area (Å²) >= 11 is 0. The Hall–Kier alpha value is -3.30. The van der Waals surface area contributed by atoms with Gasteiger partial charge >= 0.3 is 11.9 Å². The van der Waals surface area contributed by atoms with Crippen LogP contribution in [0.15, 0.2) is 53.6 Å². The summed E-state index contributed by atoms with van der Waals surface area (Å²) < 4.78 is 21.3. The van der Waals surface area contributed by atoms with Gasteiger partial charge in [0.05, 0.1) is 25.4 Å². The van der Waals surface area contributed by atoms with Crippen molar-refractivity contribution >= 4 is 23.3 Å². The van der Waals surface area contributed by atoms with Gasteiger partial charge in [-0.05, 0) is 62.1 Å². The fraction of sp³-hybridized carbons (Fsp3) is 0.588. The van der Waals surface area contributed by atoms with Gasteiger partial charge in [-0.2, -0.15) is 0 Å². The molecule has 2 heterocycles. The van der Waals surface area contributed by atoms with Crippen LogP contribution in [-0.4, -0.2) is 42.2 Å². The zero-order valence-electron chi connectivity index (χ0n) is 25.3. The first-order valence-electron chi connectivity index (χ1n) is 16.1. The van der Waals surface area contributed by atoms with Gasteiger partial charge in [-0.3, -0.25) is 9.59 Å². The maximum absolute atomic E-state index is 12.5. The molecule has 2 aromatic carbocycles. The molecule has 0 radical (unpaired) electrons. The Kier molecular flexibility index (Phi) is 13.9. The minimum Gasteiger partial charge on any atom is -0.594 e. The van der Waals surface area contributed by atoms with E-state index in [4.69, 9.17) is 18.9 Å². The molecule has 234 valence electrons. The van der Waals surface area contributed by atoms with Gasteiger partial charge in [0, 0.05) is 30.1 Å². The van der Waals surface area contributed by atoms with Crippen LogP contribution < -0.4 is 9.47 Å². The number of epoxide rings is 2. The van der Waals surface area contributed by atoms with Crippen molar-refractivity contribution in [1.29, 1.82) is 0 Å². The van der Waals surface area contributed by atoms with Crippen LogP contribution in [0.3, 0.4) is 0 Å². The van der Waals surface area contributed by atoms with E-state index < -0.39 is 0 Å². The van der Waals surface area contributed by atoms with Crippen molar-refractivity contribution in [3.05, 3.63) is 53.7 Å². The van der Waals surface area contributed by atoms with Crippen LogP contribution in [0, 0.1) is 5.21 Å². The van der Waals surface area contributed by atoms with Gasteiger partial charge in [-0.15, -0.1) is 0 Å². The van der Waals surface area contributed by atoms with E-state index in [0.29, 0.717) is 52.8 Å². The second-order valence-electron chi connectivity index (χ2n) is 11.5. The summed E-state index contributed by atoms with van der Waals surface area (Å²) in [6.45, 7) is 1.87. The lowest BCUT2D eigenvalue weighted by atomic mass is 10.1. The highest BCUT2D eigenvalue weighted by Gasteiger charge is 2.21. The number of hydrogen-bond acceptors (Lipinski definition) is 8. The summed E-state index contributed by atoms with van der Waals surface area (Å²) in [5.41, 5.74) is 0.732. The maximum atomic E-state index is 12.5. The molecule has 2 saturated heterocycles. The number of ether oxygens (including phenoxy) is 4. The summed E-state index contributed by atoms with van der Waals surface area (Å²) in [5, 5.41) is 16.6. The standard InChI is InChI=1S/C34H46N2O7/c37-33(15-11-7-3-1-5-9-13-31-25-40-31)42-29-21-17-27(18-22-29)35-36(39)28-19-23-30(24-20-28)43-34(38)16-12-8-4-2-6-10-14-32-26-41-32/h17-24,31-32H,1-16,25-26H2. The fourth-order valence-corrected chi connectivity index (χ4v) is 4.92. The van der Waals surface area contributed by atoms with Crippen molar-refractivity contribution in [3.8, 4) is 11.5 Å². The van der Waals surface area contributed by atoms with Crippen LogP contribution in [-0.2, 0) is 19.1 Å². The minimum atomic E-state index is -0.270. The third-order valence-corrected chi connectivity index (χ3v) is 7.68. The molecule has 0 aliphatic carbocycles. The van der Waals surface area contributed by atoms with Crippen LogP contribution in [0.5, 0.6) is 11.5 Å². The molecule has 2 aliphatic heterocycles. The zero-order valence-corrected chi connectivity index (χ0v) is 25.3. The lowest BCUT2D eigenvalue weighted by molar-refractivity contribution is -0.435. The van der Waals surface area contributed by atoms with Crippen LogP contribution in [0.25, 0.3) is 0 Å². The quantitative estimate of drug-likeness (QED) is 0.0255. The Labute approximate surface area is 255 Å². The Morgan fingerprint density at radius 3 is 1.49 bits per heavy atom. The van der Waals surface area contributed by atoms with E-state index in [2.05, 4.69) is 5.11 Å². The molecule has 9 heteroatoms. The smallest absolute Gasteiger partial charge is 0.311 e. The number of benzene rings is 2. The normalized spacial score (nSPS) is 17.4. The average Bonchev–Trinajstić information content (AvgIpc) is 3.94. The number of unbranched alkanes of at least 4 members (excludes halogenated alkanes) is 10. The van der Waals surface area contributed by atoms with Crippen molar-refractivity contribution < 1.29 is 33.4 Å². The van der Waals surface area contributed by atoms with Gasteiger partial charge in [-0.25, -0.2) is 0 Å². The molecular formula is C34H46N2O7. The second kappa shape index (κ2) is 18.4. The molecule has 0 amide bonds. The predicted molar refractivity (Wildman–Crippen MR) is 163 cm³/mol. The van der Waals surface area contributed by atoms with Crippen molar-refractivity contribution in [3.63, 3.8) is 0 Å². The van der Waals surface area contributed by atoms with Gasteiger partial charge < -0.3 is 24.2 Å². The number of carbonyl (C=O) groups excluding carboxylic acids is 2. The Morgan fingerprint density at radius 1 is 0.651 bits per heavy atom. The number of hydrogen-bond donors (Lipinski definition) is 0. The molecule has 9 nitrogen and oxygen atoms in total. The fourth-order valence-electron chi connectivity index (χ4n) is 4.92. The summed E-state index contributed by atoms with van der Waals surface area (Å²) in [5.74, 6) is 0.297. The highest BCUT2D eigenvalue weighted by molar-refractivity contribution is 5.72. The molecule has 2 fully saturated rings. The molecule has 0 N–H and O–H groups in total. The molecule has 2 aliphatic rings. The van der Waals surface area contributed by atoms with Gasteiger partial charge in [0.1, 0.15) is 17.2 Å². The molecule has 0 bridgehead atoms. The van der Waals surface area contributed by atoms with Crippen molar-refractivity contribution in [2.45, 2.75) is 115 Å². The Morgan fingerprint density at radius 2 is 1.05 bits per heavy atom. The van der Waals surface area contributed by atoms with Gasteiger partial charge in [0.25, 0.3) is 0 Å². The minimum absolute atomic E-state index is 0.257. The van der Waals surface area contributed by atoms with E-state index >= 15 is 0 Å². The largest absolute Gasteiger partial charge is 0.594 e. The third kappa shape index (κ3) is 14.1. The van der Waals surface area contributed by atoms with Crippen LogP contribution in [0.4, 0.5) is 11.4 Å². The Bertz CT molecular complexity index is 1140. The molecule has 2 atom stereocenters. The third-order valence-electron chi connectivity index (χ3n) is 7.68. The van der Waals surface area contributed by atoms with Gasteiger partial charge in [0.2, 0.25) is 5.69 Å². The van der Waals surface area contributed by atoms with Crippen molar-refractivity contribution in [1.82, 2.24) is 0 Å². The van der Waals surface area contributed by atoms with Crippen LogP contribution in [0.1, 0.15) is 103 Å². The first-order valence-corrected chi connectivity index (χ1v) is 16.1. The molecular weight excluding hydrogens is 548 g/mol. The second-order valence-corrected chi connectivity index (χ2v) is 11.5. The van der Waals surface area contributed by atoms with Crippen LogP contribution in [0.2, 0.25) is 0 Å². The number of nitrogens with zero attached hydrogens (tertiary/aromatic N) is 2. The van der Waals surface area contributed by atoms with E-state index in [0.717, 1.165) is 51.7 Å². The Balaban J connectivity index is 1.07. The summed E-state index contributed by atoms with van der Waals surface area (Å²) in [6.07, 6.45) is 17.3. The monoisotopic (exact) mass is 594 g/mol. The maximum Gasteiger partial charge on any atom is 0.311 e. The SMILES string of the molecule is O=C(CCCCCCCCC1CO1)Oc1ccc(N=[N+]([O-])c2ccc(OC(=O)CCCCCCCCC3CO3)cc2)cc1. The average molecular weight is 595 g/mol.